The number of hydrogen-bond donors (Lipinski definition) is 1. The number of ether oxygens (including phenoxy) is 5. The average Bonchev–Trinajstić information content (AvgIpc) is 2.90. The zero-order chi connectivity index (χ0) is 23.3. The SMILES string of the molecule is O=C(O[C@@H]1[C@H](OCc2ccccc2)O[C@@H]2COC(c3ccccc3)O[C@H]2[C@@H]1O)c1ccccc1. The summed E-state index contributed by atoms with van der Waals surface area (Å²) in [4.78, 5) is 12.8. The number of aliphatic hydroxyl groups is 1. The molecule has 3 aromatic rings. The van der Waals surface area contributed by atoms with Gasteiger partial charge in [0.1, 0.15) is 18.3 Å². The fraction of sp³-hybridized carbons (Fsp3) is 0.296. The molecule has 7 nitrogen and oxygen atoms in total. The average molecular weight is 462 g/mol. The Kier molecular flexibility index (Phi) is 6.99. The third-order valence-corrected chi connectivity index (χ3v) is 5.89. The Balaban J connectivity index is 1.35. The van der Waals surface area contributed by atoms with E-state index >= 15 is 0 Å². The highest BCUT2D eigenvalue weighted by molar-refractivity contribution is 5.89. The molecule has 0 aliphatic carbocycles. The lowest BCUT2D eigenvalue weighted by molar-refractivity contribution is -0.362. The molecule has 0 bridgehead atoms. The third kappa shape index (κ3) is 5.04. The number of benzene rings is 3. The van der Waals surface area contributed by atoms with Crippen LogP contribution in [0.2, 0.25) is 0 Å². The van der Waals surface area contributed by atoms with Crippen molar-refractivity contribution < 1.29 is 33.6 Å². The van der Waals surface area contributed by atoms with Gasteiger partial charge in [0.2, 0.25) is 0 Å². The van der Waals surface area contributed by atoms with Gasteiger partial charge in [0.25, 0.3) is 0 Å². The van der Waals surface area contributed by atoms with Crippen LogP contribution in [0.3, 0.4) is 0 Å². The van der Waals surface area contributed by atoms with Gasteiger partial charge in [-0.3, -0.25) is 0 Å². The summed E-state index contributed by atoms with van der Waals surface area (Å²) in [7, 11) is 0. The van der Waals surface area contributed by atoms with Crippen LogP contribution in [0.1, 0.15) is 27.8 Å². The minimum atomic E-state index is -1.18. The van der Waals surface area contributed by atoms with Gasteiger partial charge in [-0.2, -0.15) is 0 Å². The van der Waals surface area contributed by atoms with Crippen LogP contribution < -0.4 is 0 Å². The Morgan fingerprint density at radius 3 is 2.24 bits per heavy atom. The van der Waals surface area contributed by atoms with E-state index in [1.807, 2.05) is 66.7 Å². The van der Waals surface area contributed by atoms with Crippen LogP contribution in [0.5, 0.6) is 0 Å². The molecule has 2 heterocycles. The highest BCUT2D eigenvalue weighted by Gasteiger charge is 2.51. The number of hydrogen-bond acceptors (Lipinski definition) is 7. The third-order valence-electron chi connectivity index (χ3n) is 5.89. The van der Waals surface area contributed by atoms with Crippen LogP contribution in [0, 0.1) is 0 Å². The molecule has 2 aliphatic heterocycles. The van der Waals surface area contributed by atoms with Gasteiger partial charge in [-0.1, -0.05) is 78.9 Å². The largest absolute Gasteiger partial charge is 0.450 e. The number of carbonyl (C=O) groups excluding carboxylic acids is 1. The van der Waals surface area contributed by atoms with E-state index in [9.17, 15) is 9.90 Å². The fourth-order valence-corrected chi connectivity index (χ4v) is 4.12. The second-order valence-electron chi connectivity index (χ2n) is 8.24. The highest BCUT2D eigenvalue weighted by atomic mass is 16.8. The van der Waals surface area contributed by atoms with Crippen LogP contribution in [0.15, 0.2) is 91.0 Å². The molecule has 6 atom stereocenters. The number of esters is 1. The lowest BCUT2D eigenvalue weighted by Crippen LogP contribution is -2.63. The van der Waals surface area contributed by atoms with Gasteiger partial charge in [-0.15, -0.1) is 0 Å². The van der Waals surface area contributed by atoms with Gasteiger partial charge in [0.05, 0.1) is 18.8 Å². The number of carbonyl (C=O) groups is 1. The summed E-state index contributed by atoms with van der Waals surface area (Å²) in [5, 5.41) is 11.3. The first-order valence-corrected chi connectivity index (χ1v) is 11.3. The van der Waals surface area contributed by atoms with Crippen molar-refractivity contribution in [2.45, 2.75) is 43.6 Å². The molecule has 0 saturated carbocycles. The molecule has 0 aromatic heterocycles. The second-order valence-corrected chi connectivity index (χ2v) is 8.24. The Bertz CT molecular complexity index is 1060. The predicted octanol–water partition coefficient (Wildman–Crippen LogP) is 3.63. The maximum absolute atomic E-state index is 12.8. The number of fused-ring (bicyclic) bond motifs is 1. The molecule has 1 unspecified atom stereocenters. The first kappa shape index (κ1) is 22.7. The van der Waals surface area contributed by atoms with E-state index in [1.54, 1.807) is 24.3 Å². The first-order valence-electron chi connectivity index (χ1n) is 11.3. The van der Waals surface area contributed by atoms with Gasteiger partial charge < -0.3 is 28.8 Å². The topological polar surface area (TPSA) is 83.5 Å². The summed E-state index contributed by atoms with van der Waals surface area (Å²) in [6, 6.07) is 27.6. The standard InChI is InChI=1S/C27H26O7/c28-22-23-21(17-31-26(34-23)20-14-8-3-9-15-20)32-27(30-16-18-10-4-1-5-11-18)24(22)33-25(29)19-12-6-2-7-13-19/h1-15,21-24,26-28H,16-17H2/t21-,22+,23-,24+,26?,27-/m1/s1. The summed E-state index contributed by atoms with van der Waals surface area (Å²) in [5.41, 5.74) is 2.12. The van der Waals surface area contributed by atoms with Crippen molar-refractivity contribution in [3.05, 3.63) is 108 Å². The van der Waals surface area contributed by atoms with Crippen LogP contribution in [-0.4, -0.2) is 48.4 Å². The molecular formula is C27H26O7. The minimum Gasteiger partial charge on any atom is -0.450 e. The van der Waals surface area contributed by atoms with E-state index in [4.69, 9.17) is 23.7 Å². The van der Waals surface area contributed by atoms with Crippen molar-refractivity contribution in [2.75, 3.05) is 6.61 Å². The summed E-state index contributed by atoms with van der Waals surface area (Å²) in [6.07, 6.45) is -5.27. The summed E-state index contributed by atoms with van der Waals surface area (Å²) < 4.78 is 29.7. The predicted molar refractivity (Wildman–Crippen MR) is 122 cm³/mol. The molecule has 0 radical (unpaired) electrons. The highest BCUT2D eigenvalue weighted by Crippen LogP contribution is 2.35. The van der Waals surface area contributed by atoms with Gasteiger partial charge in [0.15, 0.2) is 18.7 Å². The Morgan fingerprint density at radius 2 is 1.53 bits per heavy atom. The van der Waals surface area contributed by atoms with E-state index < -0.39 is 43.0 Å². The Hall–Kier alpha value is -3.07. The fourth-order valence-electron chi connectivity index (χ4n) is 4.12. The lowest BCUT2D eigenvalue weighted by atomic mass is 9.97. The van der Waals surface area contributed by atoms with Crippen LogP contribution >= 0.6 is 0 Å². The zero-order valence-electron chi connectivity index (χ0n) is 18.4. The maximum Gasteiger partial charge on any atom is 0.338 e. The Labute approximate surface area is 197 Å². The molecule has 5 rings (SSSR count). The molecule has 7 heteroatoms. The smallest absolute Gasteiger partial charge is 0.338 e. The molecule has 2 saturated heterocycles. The van der Waals surface area contributed by atoms with Gasteiger partial charge in [-0.25, -0.2) is 4.79 Å². The molecule has 3 aromatic carbocycles. The maximum atomic E-state index is 12.8. The van der Waals surface area contributed by atoms with Crippen molar-refractivity contribution in [1.82, 2.24) is 0 Å². The molecule has 34 heavy (non-hydrogen) atoms. The van der Waals surface area contributed by atoms with Crippen LogP contribution in [0.25, 0.3) is 0 Å². The number of rotatable bonds is 6. The molecular weight excluding hydrogens is 436 g/mol. The molecule has 176 valence electrons. The monoisotopic (exact) mass is 462 g/mol. The molecule has 0 spiro atoms. The molecule has 2 aliphatic rings. The van der Waals surface area contributed by atoms with E-state index in [0.29, 0.717) is 5.56 Å². The van der Waals surface area contributed by atoms with Crippen molar-refractivity contribution in [2.24, 2.45) is 0 Å². The van der Waals surface area contributed by atoms with Gasteiger partial charge >= 0.3 is 5.97 Å². The van der Waals surface area contributed by atoms with Crippen LogP contribution in [0.4, 0.5) is 0 Å². The van der Waals surface area contributed by atoms with E-state index in [-0.39, 0.29) is 13.2 Å². The zero-order valence-corrected chi connectivity index (χ0v) is 18.4. The van der Waals surface area contributed by atoms with E-state index in [0.717, 1.165) is 11.1 Å². The van der Waals surface area contributed by atoms with Crippen LogP contribution in [-0.2, 0) is 30.3 Å². The van der Waals surface area contributed by atoms with E-state index in [2.05, 4.69) is 0 Å². The normalized spacial score (nSPS) is 28.6. The lowest BCUT2D eigenvalue weighted by Gasteiger charge is -2.47. The summed E-state index contributed by atoms with van der Waals surface area (Å²) in [5.74, 6) is -0.577. The van der Waals surface area contributed by atoms with Crippen molar-refractivity contribution in [3.63, 3.8) is 0 Å². The first-order chi connectivity index (χ1) is 16.7. The molecule has 1 N–H and O–H groups in total. The van der Waals surface area contributed by atoms with Gasteiger partial charge in [-0.05, 0) is 17.7 Å². The summed E-state index contributed by atoms with van der Waals surface area (Å²) in [6.45, 7) is 0.426. The Morgan fingerprint density at radius 1 is 0.882 bits per heavy atom. The quantitative estimate of drug-likeness (QED) is 0.560. The molecule has 0 amide bonds. The van der Waals surface area contributed by atoms with Gasteiger partial charge in [0, 0.05) is 5.56 Å². The van der Waals surface area contributed by atoms with Crippen molar-refractivity contribution in [1.29, 1.82) is 0 Å². The van der Waals surface area contributed by atoms with E-state index in [1.165, 1.54) is 0 Å². The summed E-state index contributed by atoms with van der Waals surface area (Å²) >= 11 is 0. The second kappa shape index (κ2) is 10.5. The minimum absolute atomic E-state index is 0.200. The van der Waals surface area contributed by atoms with Crippen molar-refractivity contribution >= 4 is 5.97 Å². The van der Waals surface area contributed by atoms with Crippen molar-refractivity contribution in [3.8, 4) is 0 Å². The molecule has 2 fully saturated rings. The number of aliphatic hydroxyl groups excluding tert-OH is 1.